The number of anilines is 1. The largest absolute Gasteiger partial charge is 0.379 e. The van der Waals surface area contributed by atoms with Gasteiger partial charge in [-0.2, -0.15) is 4.39 Å². The molecule has 1 aromatic rings. The van der Waals surface area contributed by atoms with E-state index in [0.29, 0.717) is 6.07 Å². The molecule has 104 valence electrons. The van der Waals surface area contributed by atoms with E-state index < -0.39 is 38.1 Å². The quantitative estimate of drug-likeness (QED) is 0.673. The highest BCUT2D eigenvalue weighted by Gasteiger charge is 2.29. The van der Waals surface area contributed by atoms with Gasteiger partial charge in [-0.15, -0.1) is 0 Å². The summed E-state index contributed by atoms with van der Waals surface area (Å²) in [6, 6.07) is 0.615. The second-order valence-corrected chi connectivity index (χ2v) is 6.51. The third-order valence-electron chi connectivity index (χ3n) is 2.83. The third-order valence-corrected chi connectivity index (χ3v) is 4.59. The zero-order valence-corrected chi connectivity index (χ0v) is 10.4. The van der Waals surface area contributed by atoms with Crippen LogP contribution in [-0.2, 0) is 9.84 Å². The van der Waals surface area contributed by atoms with E-state index in [2.05, 4.69) is 5.32 Å². The van der Waals surface area contributed by atoms with Gasteiger partial charge in [0.1, 0.15) is 5.82 Å². The van der Waals surface area contributed by atoms with Crippen molar-refractivity contribution in [1.82, 2.24) is 0 Å². The second-order valence-electron chi connectivity index (χ2n) is 4.28. The van der Waals surface area contributed by atoms with Crippen LogP contribution in [0.2, 0.25) is 0 Å². The second kappa shape index (κ2) is 4.72. The lowest BCUT2D eigenvalue weighted by Crippen LogP contribution is -2.21. The van der Waals surface area contributed by atoms with E-state index in [-0.39, 0.29) is 23.6 Å². The summed E-state index contributed by atoms with van der Waals surface area (Å²) in [5, 5.41) is 13.1. The van der Waals surface area contributed by atoms with Gasteiger partial charge in [-0.3, -0.25) is 10.1 Å². The fourth-order valence-corrected chi connectivity index (χ4v) is 3.59. The van der Waals surface area contributed by atoms with Crippen LogP contribution in [0.25, 0.3) is 0 Å². The lowest BCUT2D eigenvalue weighted by Gasteiger charge is -2.13. The van der Waals surface area contributed by atoms with Crippen molar-refractivity contribution >= 4 is 21.2 Å². The van der Waals surface area contributed by atoms with Crippen LogP contribution < -0.4 is 5.32 Å². The average molecular weight is 292 g/mol. The highest BCUT2D eigenvalue weighted by molar-refractivity contribution is 7.91. The molecule has 0 saturated carbocycles. The van der Waals surface area contributed by atoms with Crippen LogP contribution in [0.4, 0.5) is 20.2 Å². The number of sulfone groups is 1. The van der Waals surface area contributed by atoms with Gasteiger partial charge in [0.25, 0.3) is 0 Å². The van der Waals surface area contributed by atoms with Crippen LogP contribution in [-0.4, -0.2) is 30.9 Å². The first-order valence-corrected chi connectivity index (χ1v) is 7.21. The average Bonchev–Trinajstić information content (AvgIpc) is 2.61. The number of benzene rings is 1. The van der Waals surface area contributed by atoms with Crippen LogP contribution in [0.5, 0.6) is 0 Å². The molecule has 1 aliphatic rings. The van der Waals surface area contributed by atoms with E-state index in [1.807, 2.05) is 0 Å². The molecule has 19 heavy (non-hydrogen) atoms. The van der Waals surface area contributed by atoms with Gasteiger partial charge >= 0.3 is 5.69 Å². The molecule has 1 fully saturated rings. The van der Waals surface area contributed by atoms with E-state index in [4.69, 9.17) is 0 Å². The SMILES string of the molecule is O=[N+]([O-])c1cc(NC2CCS(=O)(=O)C2)c(F)cc1F. The first kappa shape index (κ1) is 13.7. The summed E-state index contributed by atoms with van der Waals surface area (Å²) in [5.74, 6) is -2.45. The molecule has 0 amide bonds. The normalized spacial score (nSPS) is 21.3. The van der Waals surface area contributed by atoms with Crippen LogP contribution in [0, 0.1) is 21.7 Å². The van der Waals surface area contributed by atoms with Crippen molar-refractivity contribution in [2.75, 3.05) is 16.8 Å². The number of rotatable bonds is 3. The zero-order chi connectivity index (χ0) is 14.2. The first-order chi connectivity index (χ1) is 8.78. The number of nitro groups is 1. The van der Waals surface area contributed by atoms with Crippen molar-refractivity contribution in [3.8, 4) is 0 Å². The fraction of sp³-hybridized carbons (Fsp3) is 0.400. The summed E-state index contributed by atoms with van der Waals surface area (Å²) in [6.07, 6.45) is 0.285. The summed E-state index contributed by atoms with van der Waals surface area (Å²) >= 11 is 0. The van der Waals surface area contributed by atoms with Gasteiger partial charge in [0.2, 0.25) is 5.82 Å². The van der Waals surface area contributed by atoms with Crippen molar-refractivity contribution < 1.29 is 22.1 Å². The standard InChI is InChI=1S/C10H10F2N2O4S/c11-7-3-8(12)10(14(15)16)4-9(7)13-6-1-2-19(17,18)5-6/h3-4,6,13H,1-2,5H2. The summed E-state index contributed by atoms with van der Waals surface area (Å²) in [6.45, 7) is 0. The molecule has 1 atom stereocenters. The molecule has 0 aliphatic carbocycles. The predicted octanol–water partition coefficient (Wildman–Crippen LogP) is 1.47. The maximum atomic E-state index is 13.5. The molecule has 6 nitrogen and oxygen atoms in total. The molecule has 0 aromatic heterocycles. The Kier molecular flexibility index (Phi) is 3.40. The van der Waals surface area contributed by atoms with Crippen LogP contribution in [0.1, 0.15) is 6.42 Å². The minimum atomic E-state index is -3.16. The van der Waals surface area contributed by atoms with Crippen LogP contribution in [0.3, 0.4) is 0 Å². The Labute approximate surface area is 107 Å². The number of nitrogens with zero attached hydrogens (tertiary/aromatic N) is 1. The Morgan fingerprint density at radius 1 is 1.32 bits per heavy atom. The molecular weight excluding hydrogens is 282 g/mol. The van der Waals surface area contributed by atoms with E-state index in [0.717, 1.165) is 6.07 Å². The summed E-state index contributed by atoms with van der Waals surface area (Å²) in [5.41, 5.74) is -1.13. The van der Waals surface area contributed by atoms with Gasteiger partial charge in [0.05, 0.1) is 22.1 Å². The van der Waals surface area contributed by atoms with Crippen molar-refractivity contribution in [3.63, 3.8) is 0 Å². The van der Waals surface area contributed by atoms with Crippen LogP contribution in [0.15, 0.2) is 12.1 Å². The molecule has 1 heterocycles. The molecule has 1 unspecified atom stereocenters. The molecule has 1 N–H and O–H groups in total. The molecule has 1 aliphatic heterocycles. The maximum absolute atomic E-state index is 13.5. The number of hydrogen-bond donors (Lipinski definition) is 1. The Morgan fingerprint density at radius 3 is 2.53 bits per heavy atom. The number of hydrogen-bond acceptors (Lipinski definition) is 5. The van der Waals surface area contributed by atoms with Crippen molar-refractivity contribution in [1.29, 1.82) is 0 Å². The Morgan fingerprint density at radius 2 is 2.00 bits per heavy atom. The highest BCUT2D eigenvalue weighted by atomic mass is 32.2. The van der Waals surface area contributed by atoms with Gasteiger partial charge in [-0.1, -0.05) is 0 Å². The third kappa shape index (κ3) is 2.98. The first-order valence-electron chi connectivity index (χ1n) is 5.39. The minimum Gasteiger partial charge on any atom is -0.379 e. The molecule has 0 spiro atoms. The van der Waals surface area contributed by atoms with Gasteiger partial charge in [0, 0.05) is 18.2 Å². The number of halogens is 2. The summed E-state index contributed by atoms with van der Waals surface area (Å²) in [4.78, 5) is 9.58. The van der Waals surface area contributed by atoms with E-state index in [1.165, 1.54) is 0 Å². The molecular formula is C10H10F2N2O4S. The molecule has 2 rings (SSSR count). The smallest absolute Gasteiger partial charge is 0.307 e. The molecule has 0 radical (unpaired) electrons. The molecule has 0 bridgehead atoms. The van der Waals surface area contributed by atoms with Gasteiger partial charge in [-0.05, 0) is 6.42 Å². The molecule has 9 heteroatoms. The predicted molar refractivity (Wildman–Crippen MR) is 63.7 cm³/mol. The van der Waals surface area contributed by atoms with E-state index >= 15 is 0 Å². The van der Waals surface area contributed by atoms with Crippen molar-refractivity contribution in [3.05, 3.63) is 33.9 Å². The van der Waals surface area contributed by atoms with Crippen molar-refractivity contribution in [2.45, 2.75) is 12.5 Å². The van der Waals surface area contributed by atoms with Crippen LogP contribution >= 0.6 is 0 Å². The highest BCUT2D eigenvalue weighted by Crippen LogP contribution is 2.27. The summed E-state index contributed by atoms with van der Waals surface area (Å²) in [7, 11) is -3.16. The topological polar surface area (TPSA) is 89.3 Å². The minimum absolute atomic E-state index is 0.0183. The van der Waals surface area contributed by atoms with E-state index in [1.54, 1.807) is 0 Å². The maximum Gasteiger partial charge on any atom is 0.307 e. The number of nitrogens with one attached hydrogen (secondary N) is 1. The lowest BCUT2D eigenvalue weighted by molar-refractivity contribution is -0.387. The molecule has 1 saturated heterocycles. The van der Waals surface area contributed by atoms with E-state index in [9.17, 15) is 27.3 Å². The Bertz CT molecular complexity index is 633. The fourth-order valence-electron chi connectivity index (χ4n) is 1.92. The van der Waals surface area contributed by atoms with Crippen molar-refractivity contribution in [2.24, 2.45) is 0 Å². The Hall–Kier alpha value is -1.77. The monoisotopic (exact) mass is 292 g/mol. The Balaban J connectivity index is 2.26. The number of nitro benzene ring substituents is 1. The molecule has 1 aromatic carbocycles. The van der Waals surface area contributed by atoms with Gasteiger partial charge in [-0.25, -0.2) is 12.8 Å². The summed E-state index contributed by atoms with van der Waals surface area (Å²) < 4.78 is 49.1. The zero-order valence-electron chi connectivity index (χ0n) is 9.60. The van der Waals surface area contributed by atoms with Gasteiger partial charge < -0.3 is 5.32 Å². The lowest BCUT2D eigenvalue weighted by atomic mass is 10.2. The van der Waals surface area contributed by atoms with Gasteiger partial charge in [0.15, 0.2) is 9.84 Å².